The van der Waals surface area contributed by atoms with Gasteiger partial charge < -0.3 is 25.7 Å². The van der Waals surface area contributed by atoms with Crippen LogP contribution >= 0.6 is 11.3 Å². The lowest BCUT2D eigenvalue weighted by atomic mass is 9.77. The number of rotatable bonds is 9. The number of aliphatic hydroxyl groups is 1. The van der Waals surface area contributed by atoms with Crippen molar-refractivity contribution in [1.82, 2.24) is 14.3 Å². The Balaban J connectivity index is 1.52. The highest BCUT2D eigenvalue weighted by Crippen LogP contribution is 2.51. The topological polar surface area (TPSA) is 162 Å². The Morgan fingerprint density at radius 3 is 2.50 bits per heavy atom. The number of β-lactam (4-membered cyclic amide) rings is 1. The highest BCUT2D eigenvalue weighted by molar-refractivity contribution is 7.18. The molecule has 13 heteroatoms. The molecule has 1 fully saturated rings. The van der Waals surface area contributed by atoms with Gasteiger partial charge in [-0.1, -0.05) is 6.92 Å². The number of hydrogen-bond acceptors (Lipinski definition) is 8. The van der Waals surface area contributed by atoms with Crippen LogP contribution in [0.5, 0.6) is 0 Å². The monoisotopic (exact) mass is 615 g/mol. The highest BCUT2D eigenvalue weighted by atomic mass is 32.1. The molecule has 6 rings (SSSR count). The third-order valence-corrected chi connectivity index (χ3v) is 9.40. The molecule has 1 aromatic carbocycles. The molecule has 3 aromatic heterocycles. The standard InChI is InChI=1S/C31H30N6O6S/c1-15-22(26(31(42)43)37-25(15)23(16(2)38)29(37)41)20-13-36-28(17-7-9-19(10-8-17)34(3)4)33-24(30(36)44-20)27(40)18-6-5-11-35(12-18)14-21(32)39/h5-13,15-16,23,25,38H,14H2,1-4H3,(H2-,32,39,42,43)/p+1/t15-,16+,23+,25+/m0/s1. The Hall–Kier alpha value is -4.88. The molecule has 2 amide bonds. The summed E-state index contributed by atoms with van der Waals surface area (Å²) in [5.74, 6) is -3.17. The minimum atomic E-state index is -1.23. The number of pyridine rings is 1. The number of nitrogens with two attached hydrogens (primary N) is 1. The summed E-state index contributed by atoms with van der Waals surface area (Å²) in [5.41, 5.74) is 7.89. The van der Waals surface area contributed by atoms with Gasteiger partial charge in [0.2, 0.25) is 18.2 Å². The largest absolute Gasteiger partial charge is 0.477 e. The van der Waals surface area contributed by atoms with Crippen molar-refractivity contribution in [2.75, 3.05) is 19.0 Å². The molecule has 12 nitrogen and oxygen atoms in total. The normalized spacial score (nSPS) is 20.1. The second-order valence-corrected chi connectivity index (χ2v) is 12.4. The lowest BCUT2D eigenvalue weighted by molar-refractivity contribution is -0.684. The smallest absolute Gasteiger partial charge is 0.352 e. The molecular formula is C31H31N6O6S+. The van der Waals surface area contributed by atoms with E-state index >= 15 is 0 Å². The number of anilines is 1. The number of carbonyl (C=O) groups excluding carboxylic acids is 3. The first kappa shape index (κ1) is 29.2. The van der Waals surface area contributed by atoms with Crippen LogP contribution in [0.3, 0.4) is 0 Å². The van der Waals surface area contributed by atoms with E-state index in [1.54, 1.807) is 28.9 Å². The van der Waals surface area contributed by atoms with Crippen molar-refractivity contribution in [2.24, 2.45) is 17.6 Å². The number of fused-ring (bicyclic) bond motifs is 2. The van der Waals surface area contributed by atoms with Crippen molar-refractivity contribution >= 4 is 51.0 Å². The van der Waals surface area contributed by atoms with E-state index in [-0.39, 0.29) is 29.6 Å². The van der Waals surface area contributed by atoms with Crippen LogP contribution in [0.25, 0.3) is 21.8 Å². The van der Waals surface area contributed by atoms with E-state index in [9.17, 15) is 29.4 Å². The van der Waals surface area contributed by atoms with E-state index in [2.05, 4.69) is 0 Å². The Kier molecular flexibility index (Phi) is 7.09. The Morgan fingerprint density at radius 1 is 1.18 bits per heavy atom. The number of imidazole rings is 1. The molecular weight excluding hydrogens is 584 g/mol. The van der Waals surface area contributed by atoms with Crippen LogP contribution in [0.15, 0.2) is 60.7 Å². The number of nitrogens with zero attached hydrogens (tertiary/aromatic N) is 5. The molecule has 226 valence electrons. The zero-order valence-electron chi connectivity index (χ0n) is 24.5. The van der Waals surface area contributed by atoms with E-state index in [0.29, 0.717) is 26.7 Å². The number of aliphatic hydroxyl groups excluding tert-OH is 1. The first-order valence-corrected chi connectivity index (χ1v) is 14.8. The Morgan fingerprint density at radius 2 is 1.89 bits per heavy atom. The number of amides is 2. The Labute approximate surface area is 256 Å². The van der Waals surface area contributed by atoms with Crippen LogP contribution in [0.4, 0.5) is 5.69 Å². The van der Waals surface area contributed by atoms with Crippen LogP contribution < -0.4 is 15.2 Å². The number of aromatic nitrogens is 3. The van der Waals surface area contributed by atoms with Crippen LogP contribution in [-0.4, -0.2) is 74.3 Å². The maximum atomic E-state index is 13.9. The van der Waals surface area contributed by atoms with E-state index < -0.39 is 35.8 Å². The summed E-state index contributed by atoms with van der Waals surface area (Å²) in [6.45, 7) is 3.29. The molecule has 44 heavy (non-hydrogen) atoms. The van der Waals surface area contributed by atoms with Crippen LogP contribution in [0, 0.1) is 11.8 Å². The number of hydrogen-bond donors (Lipinski definition) is 3. The molecule has 4 atom stereocenters. The molecule has 4 N–H and O–H groups in total. The number of aliphatic carboxylic acids is 1. The predicted molar refractivity (Wildman–Crippen MR) is 162 cm³/mol. The number of carboxylic acid groups (broad SMARTS) is 1. The fourth-order valence-corrected chi connectivity index (χ4v) is 7.46. The summed E-state index contributed by atoms with van der Waals surface area (Å²) in [6.07, 6.45) is 4.01. The van der Waals surface area contributed by atoms with E-state index in [1.807, 2.05) is 50.2 Å². The number of thiazole rings is 1. The lowest BCUT2D eigenvalue weighted by Crippen LogP contribution is -2.63. The average molecular weight is 616 g/mol. The number of primary amides is 1. The number of benzene rings is 1. The van der Waals surface area contributed by atoms with E-state index in [4.69, 9.17) is 10.7 Å². The van der Waals surface area contributed by atoms with Gasteiger partial charge in [-0.05, 0) is 37.3 Å². The van der Waals surface area contributed by atoms with Crippen molar-refractivity contribution in [2.45, 2.75) is 32.5 Å². The third kappa shape index (κ3) is 4.55. The fourth-order valence-electron chi connectivity index (χ4n) is 6.23. The van der Waals surface area contributed by atoms with Gasteiger partial charge in [-0.25, -0.2) is 9.78 Å². The molecule has 0 spiro atoms. The van der Waals surface area contributed by atoms with Gasteiger partial charge in [0.1, 0.15) is 22.0 Å². The molecule has 5 heterocycles. The average Bonchev–Trinajstić information content (AvgIpc) is 3.61. The van der Waals surface area contributed by atoms with Gasteiger partial charge in [0.25, 0.3) is 5.91 Å². The second-order valence-electron chi connectivity index (χ2n) is 11.4. The quantitative estimate of drug-likeness (QED) is 0.146. The van der Waals surface area contributed by atoms with E-state index in [1.165, 1.54) is 33.9 Å². The minimum absolute atomic E-state index is 0.0970. The van der Waals surface area contributed by atoms with Gasteiger partial charge in [-0.2, -0.15) is 4.57 Å². The molecule has 0 unspecified atom stereocenters. The van der Waals surface area contributed by atoms with Gasteiger partial charge in [0.05, 0.1) is 28.5 Å². The van der Waals surface area contributed by atoms with Crippen LogP contribution in [0.2, 0.25) is 0 Å². The van der Waals surface area contributed by atoms with E-state index in [0.717, 1.165) is 11.3 Å². The third-order valence-electron chi connectivity index (χ3n) is 8.28. The summed E-state index contributed by atoms with van der Waals surface area (Å²) in [7, 11) is 3.86. The molecule has 1 saturated heterocycles. The lowest BCUT2D eigenvalue weighted by Gasteiger charge is -2.46. The molecule has 2 aliphatic rings. The molecule has 0 radical (unpaired) electrons. The number of carboxylic acids is 1. The number of ketones is 1. The second kappa shape index (κ2) is 10.7. The van der Waals surface area contributed by atoms with Gasteiger partial charge in [-0.3, -0.25) is 18.8 Å². The van der Waals surface area contributed by atoms with Crippen molar-refractivity contribution in [3.05, 3.63) is 76.8 Å². The summed E-state index contributed by atoms with van der Waals surface area (Å²) in [6, 6.07) is 10.5. The molecule has 0 bridgehead atoms. The van der Waals surface area contributed by atoms with Gasteiger partial charge in [0, 0.05) is 49.1 Å². The zero-order valence-corrected chi connectivity index (χ0v) is 25.3. The van der Waals surface area contributed by atoms with Gasteiger partial charge in [0.15, 0.2) is 12.4 Å². The first-order valence-electron chi connectivity index (χ1n) is 14.0. The van der Waals surface area contributed by atoms with Gasteiger partial charge in [-0.15, -0.1) is 11.3 Å². The Bertz CT molecular complexity index is 1890. The highest BCUT2D eigenvalue weighted by Gasteiger charge is 2.60. The first-order chi connectivity index (χ1) is 20.9. The summed E-state index contributed by atoms with van der Waals surface area (Å²) >= 11 is 1.22. The van der Waals surface area contributed by atoms with Crippen molar-refractivity contribution in [3.63, 3.8) is 0 Å². The maximum absolute atomic E-state index is 13.9. The summed E-state index contributed by atoms with van der Waals surface area (Å²) in [5, 5.41) is 20.5. The minimum Gasteiger partial charge on any atom is -0.477 e. The summed E-state index contributed by atoms with van der Waals surface area (Å²) < 4.78 is 3.30. The van der Waals surface area contributed by atoms with Crippen molar-refractivity contribution in [1.29, 1.82) is 0 Å². The molecule has 0 aliphatic carbocycles. The zero-order chi connectivity index (χ0) is 31.6. The molecule has 4 aromatic rings. The molecule has 2 aliphatic heterocycles. The van der Waals surface area contributed by atoms with Gasteiger partial charge >= 0.3 is 5.97 Å². The predicted octanol–water partition coefficient (Wildman–Crippen LogP) is 1.79. The number of carbonyl (C=O) groups is 4. The fraction of sp³-hybridized carbons (Fsp3) is 0.290. The molecule has 0 saturated carbocycles. The summed E-state index contributed by atoms with van der Waals surface area (Å²) in [4.78, 5) is 60.0. The maximum Gasteiger partial charge on any atom is 0.352 e. The van der Waals surface area contributed by atoms with Crippen LogP contribution in [0.1, 0.15) is 34.8 Å². The van der Waals surface area contributed by atoms with Crippen LogP contribution in [-0.2, 0) is 20.9 Å². The van der Waals surface area contributed by atoms with Crippen molar-refractivity contribution in [3.8, 4) is 11.4 Å². The van der Waals surface area contributed by atoms with Crippen molar-refractivity contribution < 1.29 is 34.0 Å². The SMILES string of the molecule is C[C@@H](O)[C@H]1C(=O)N2C(C(=O)O)=C(c3cn4c(-c5ccc(N(C)C)cc5)nc(C(=O)c5ccc[n+](CC(N)=O)c5)c4s3)[C@H](C)[C@H]12.